The van der Waals surface area contributed by atoms with Gasteiger partial charge in [0.1, 0.15) is 5.76 Å². The molecule has 36 heavy (non-hydrogen) atoms. The van der Waals surface area contributed by atoms with E-state index in [9.17, 15) is 14.9 Å². The van der Waals surface area contributed by atoms with Crippen molar-refractivity contribution in [1.82, 2.24) is 5.32 Å². The number of hydrogen-bond acceptors (Lipinski definition) is 6. The summed E-state index contributed by atoms with van der Waals surface area (Å²) in [6.45, 7) is 3.85. The van der Waals surface area contributed by atoms with E-state index >= 15 is 0 Å². The number of furan rings is 1. The average Bonchev–Trinajstić information content (AvgIpc) is 3.42. The van der Waals surface area contributed by atoms with Crippen molar-refractivity contribution < 1.29 is 14.0 Å². The maximum Gasteiger partial charge on any atom is 0.254 e. The maximum absolute atomic E-state index is 13.4. The van der Waals surface area contributed by atoms with Crippen LogP contribution in [0.15, 0.2) is 99.3 Å². The highest BCUT2D eigenvalue weighted by Gasteiger charge is 2.36. The lowest BCUT2D eigenvalue weighted by Crippen LogP contribution is -2.31. The van der Waals surface area contributed by atoms with Crippen LogP contribution in [0.1, 0.15) is 31.1 Å². The zero-order valence-electron chi connectivity index (χ0n) is 20.0. The molecule has 1 aliphatic rings. The molecule has 0 saturated heterocycles. The first-order chi connectivity index (χ1) is 17.5. The molecule has 1 unspecified atom stereocenters. The number of anilines is 2. The van der Waals surface area contributed by atoms with E-state index in [0.29, 0.717) is 39.0 Å². The number of dihydropyridines is 1. The Morgan fingerprint density at radius 2 is 1.75 bits per heavy atom. The fraction of sp³-hybridized carbons (Fsp3) is 0.179. The summed E-state index contributed by atoms with van der Waals surface area (Å²) in [7, 11) is 0. The maximum atomic E-state index is 13.4. The van der Waals surface area contributed by atoms with Crippen LogP contribution in [0.2, 0.25) is 0 Å². The van der Waals surface area contributed by atoms with Gasteiger partial charge >= 0.3 is 0 Å². The van der Waals surface area contributed by atoms with Gasteiger partial charge in [0.25, 0.3) is 5.91 Å². The van der Waals surface area contributed by atoms with E-state index in [1.807, 2.05) is 54.6 Å². The summed E-state index contributed by atoms with van der Waals surface area (Å²) in [5, 5.41) is 19.6. The molecular weight excluding hydrogens is 472 g/mol. The van der Waals surface area contributed by atoms with Crippen LogP contribution in [0.5, 0.6) is 0 Å². The zero-order valence-corrected chi connectivity index (χ0v) is 20.8. The number of aryl methyl sites for hydroxylation is 1. The minimum atomic E-state index is -0.708. The van der Waals surface area contributed by atoms with Gasteiger partial charge in [-0.3, -0.25) is 9.59 Å². The number of amides is 2. The number of benzene rings is 2. The molecule has 0 radical (unpaired) electrons. The van der Waals surface area contributed by atoms with Crippen molar-refractivity contribution >= 4 is 35.0 Å². The first-order valence-corrected chi connectivity index (χ1v) is 12.5. The molecule has 2 amide bonds. The van der Waals surface area contributed by atoms with E-state index in [-0.39, 0.29) is 17.6 Å². The molecule has 2 aromatic carbocycles. The Kier molecular flexibility index (Phi) is 7.93. The molecule has 3 aromatic rings. The normalized spacial score (nSPS) is 15.2. The lowest BCUT2D eigenvalue weighted by molar-refractivity contribution is -0.114. The first kappa shape index (κ1) is 24.9. The second kappa shape index (κ2) is 11.5. The Morgan fingerprint density at radius 1 is 1.03 bits per heavy atom. The molecule has 1 aliphatic heterocycles. The number of nitrogens with zero attached hydrogens (tertiary/aromatic N) is 1. The fourth-order valence-electron chi connectivity index (χ4n) is 3.95. The summed E-state index contributed by atoms with van der Waals surface area (Å²) in [5.74, 6) is -0.671. The zero-order chi connectivity index (χ0) is 25.5. The van der Waals surface area contributed by atoms with Gasteiger partial charge in [0, 0.05) is 17.1 Å². The number of allylic oxidation sites excluding steroid dienone is 2. The summed E-state index contributed by atoms with van der Waals surface area (Å²) < 4.78 is 5.65. The molecule has 182 valence electrons. The summed E-state index contributed by atoms with van der Waals surface area (Å²) in [4.78, 5) is 25.9. The van der Waals surface area contributed by atoms with Gasteiger partial charge in [0.2, 0.25) is 5.91 Å². The molecule has 0 spiro atoms. The predicted octanol–water partition coefficient (Wildman–Crippen LogP) is 5.55. The number of carbonyl (C=O) groups is 2. The Hall–Kier alpha value is -4.22. The van der Waals surface area contributed by atoms with E-state index in [0.717, 1.165) is 6.42 Å². The van der Waals surface area contributed by atoms with Gasteiger partial charge in [0.15, 0.2) is 0 Å². The van der Waals surface area contributed by atoms with Crippen molar-refractivity contribution in [1.29, 1.82) is 5.26 Å². The van der Waals surface area contributed by atoms with Crippen molar-refractivity contribution in [3.8, 4) is 6.07 Å². The molecule has 0 saturated carbocycles. The van der Waals surface area contributed by atoms with Gasteiger partial charge in [-0.1, -0.05) is 49.0 Å². The first-order valence-electron chi connectivity index (χ1n) is 11.5. The summed E-state index contributed by atoms with van der Waals surface area (Å²) in [6.07, 6.45) is 2.42. The second-order valence-electron chi connectivity index (χ2n) is 8.17. The van der Waals surface area contributed by atoms with Crippen LogP contribution in [-0.2, 0) is 16.0 Å². The van der Waals surface area contributed by atoms with E-state index in [1.165, 1.54) is 23.6 Å². The van der Waals surface area contributed by atoms with E-state index in [2.05, 4.69) is 28.9 Å². The summed E-state index contributed by atoms with van der Waals surface area (Å²) in [5.41, 5.74) is 3.83. The molecule has 0 fully saturated rings. The molecule has 3 N–H and O–H groups in total. The van der Waals surface area contributed by atoms with Gasteiger partial charge in [-0.15, -0.1) is 0 Å². The molecular formula is C28H26N4O3S. The number of nitriles is 1. The van der Waals surface area contributed by atoms with E-state index < -0.39 is 5.92 Å². The molecule has 7 nitrogen and oxygen atoms in total. The number of thioether (sulfide) groups is 1. The highest BCUT2D eigenvalue weighted by Crippen LogP contribution is 2.41. The molecule has 1 aromatic heterocycles. The molecule has 4 rings (SSSR count). The highest BCUT2D eigenvalue weighted by atomic mass is 32.2. The Morgan fingerprint density at radius 3 is 2.39 bits per heavy atom. The third kappa shape index (κ3) is 5.70. The standard InChI is InChI=1S/C28H26N4O3S/c1-3-19-11-13-21(14-12-19)32-27(34)25-18(2)30-28(22(16-29)26(25)23-10-7-15-35-23)36-17-24(33)31-20-8-5-4-6-9-20/h4-15,26,30H,3,17H2,1-2H3,(H,31,33)(H,32,34). The van der Waals surface area contributed by atoms with Crippen LogP contribution in [0.25, 0.3) is 0 Å². The van der Waals surface area contributed by atoms with E-state index in [4.69, 9.17) is 4.42 Å². The van der Waals surface area contributed by atoms with Crippen molar-refractivity contribution in [3.63, 3.8) is 0 Å². The predicted molar refractivity (Wildman–Crippen MR) is 142 cm³/mol. The Bertz CT molecular complexity index is 1340. The van der Waals surface area contributed by atoms with Crippen LogP contribution in [0, 0.1) is 11.3 Å². The molecule has 2 heterocycles. The lowest BCUT2D eigenvalue weighted by atomic mass is 9.85. The lowest BCUT2D eigenvalue weighted by Gasteiger charge is -2.28. The number of hydrogen-bond donors (Lipinski definition) is 3. The largest absolute Gasteiger partial charge is 0.468 e. The summed E-state index contributed by atoms with van der Waals surface area (Å²) in [6, 6.07) is 22.5. The fourth-order valence-corrected chi connectivity index (χ4v) is 4.84. The minimum absolute atomic E-state index is 0.0892. The number of para-hydroxylation sites is 1. The Labute approximate surface area is 214 Å². The minimum Gasteiger partial charge on any atom is -0.468 e. The number of nitrogens with one attached hydrogen (secondary N) is 3. The van der Waals surface area contributed by atoms with Gasteiger partial charge in [-0.05, 0) is 55.3 Å². The molecule has 0 bridgehead atoms. The van der Waals surface area contributed by atoms with Crippen molar-refractivity contribution in [2.24, 2.45) is 0 Å². The van der Waals surface area contributed by atoms with Gasteiger partial charge in [-0.25, -0.2) is 0 Å². The monoisotopic (exact) mass is 498 g/mol. The Balaban J connectivity index is 1.57. The van der Waals surface area contributed by atoms with E-state index in [1.54, 1.807) is 19.1 Å². The van der Waals surface area contributed by atoms with Crippen molar-refractivity contribution in [2.75, 3.05) is 16.4 Å². The van der Waals surface area contributed by atoms with Gasteiger partial charge in [-0.2, -0.15) is 5.26 Å². The van der Waals surface area contributed by atoms with Crippen LogP contribution < -0.4 is 16.0 Å². The van der Waals surface area contributed by atoms with Gasteiger partial charge < -0.3 is 20.4 Å². The summed E-state index contributed by atoms with van der Waals surface area (Å²) >= 11 is 1.21. The molecule has 0 aliphatic carbocycles. The van der Waals surface area contributed by atoms with Crippen LogP contribution in [-0.4, -0.2) is 17.6 Å². The van der Waals surface area contributed by atoms with Crippen molar-refractivity contribution in [2.45, 2.75) is 26.2 Å². The quantitative estimate of drug-likeness (QED) is 0.376. The average molecular weight is 499 g/mol. The van der Waals surface area contributed by atoms with Crippen LogP contribution >= 0.6 is 11.8 Å². The highest BCUT2D eigenvalue weighted by molar-refractivity contribution is 8.03. The van der Waals surface area contributed by atoms with Crippen molar-refractivity contribution in [3.05, 3.63) is 106 Å². The van der Waals surface area contributed by atoms with Crippen LogP contribution in [0.4, 0.5) is 11.4 Å². The second-order valence-corrected chi connectivity index (χ2v) is 9.16. The number of carbonyl (C=O) groups excluding carboxylic acids is 2. The third-order valence-electron chi connectivity index (χ3n) is 5.74. The van der Waals surface area contributed by atoms with Gasteiger partial charge in [0.05, 0.1) is 40.2 Å². The SMILES string of the molecule is CCc1ccc(NC(=O)C2=C(C)NC(SCC(=O)Nc3ccccc3)=C(C#N)C2c2ccco2)cc1. The molecule has 8 heteroatoms. The van der Waals surface area contributed by atoms with Crippen LogP contribution in [0.3, 0.4) is 0 Å². The smallest absolute Gasteiger partial charge is 0.254 e. The number of rotatable bonds is 8. The topological polar surface area (TPSA) is 107 Å². The molecule has 1 atom stereocenters. The third-order valence-corrected chi connectivity index (χ3v) is 6.76.